The van der Waals surface area contributed by atoms with Gasteiger partial charge in [-0.1, -0.05) is 0 Å². The maximum atomic E-state index is 12.1. The molecule has 2 N–H and O–H groups in total. The van der Waals surface area contributed by atoms with Gasteiger partial charge < -0.3 is 24.7 Å². The van der Waals surface area contributed by atoms with Crippen LogP contribution in [0.25, 0.3) is 0 Å². The molecular weight excluding hydrogens is 252 g/mol. The molecule has 1 heterocycles. The molecular formula is C12H22N2O5. The number of carboxylic acid groups (broad SMARTS) is 1. The van der Waals surface area contributed by atoms with Gasteiger partial charge in [0.15, 0.2) is 0 Å². The number of likely N-dealkylation sites (tertiary alicyclic amines) is 1. The third-order valence-electron chi connectivity index (χ3n) is 3.01. The van der Waals surface area contributed by atoms with E-state index in [0.717, 1.165) is 0 Å². The molecule has 7 heteroatoms. The van der Waals surface area contributed by atoms with Crippen molar-refractivity contribution in [1.82, 2.24) is 9.80 Å². The van der Waals surface area contributed by atoms with Gasteiger partial charge in [0.05, 0.1) is 18.8 Å². The SMILES string of the molecule is CC(C)OCCN(C)C(=O)N1CC(O)CC1C(=O)O. The highest BCUT2D eigenvalue weighted by atomic mass is 16.5. The number of rotatable bonds is 5. The number of urea groups is 1. The van der Waals surface area contributed by atoms with Crippen LogP contribution >= 0.6 is 0 Å². The summed E-state index contributed by atoms with van der Waals surface area (Å²) in [5, 5.41) is 18.5. The van der Waals surface area contributed by atoms with E-state index in [1.54, 1.807) is 7.05 Å². The van der Waals surface area contributed by atoms with Gasteiger partial charge in [0.2, 0.25) is 0 Å². The second-order valence-corrected chi connectivity index (χ2v) is 5.02. The summed E-state index contributed by atoms with van der Waals surface area (Å²) in [5.41, 5.74) is 0. The first-order chi connectivity index (χ1) is 8.82. The van der Waals surface area contributed by atoms with Crippen molar-refractivity contribution in [2.75, 3.05) is 26.7 Å². The standard InChI is InChI=1S/C12H22N2O5/c1-8(2)19-5-4-13(3)12(18)14-7-9(15)6-10(14)11(16)17/h8-10,15H,4-7H2,1-3H3,(H,16,17). The van der Waals surface area contributed by atoms with Crippen LogP contribution in [0.5, 0.6) is 0 Å². The molecule has 0 saturated carbocycles. The van der Waals surface area contributed by atoms with Crippen molar-refractivity contribution in [3.8, 4) is 0 Å². The highest BCUT2D eigenvalue weighted by Crippen LogP contribution is 2.19. The van der Waals surface area contributed by atoms with Crippen LogP contribution in [0, 0.1) is 0 Å². The first-order valence-corrected chi connectivity index (χ1v) is 6.37. The molecule has 0 radical (unpaired) electrons. The summed E-state index contributed by atoms with van der Waals surface area (Å²) >= 11 is 0. The molecule has 0 aliphatic carbocycles. The number of aliphatic carboxylic acids is 1. The number of carbonyl (C=O) groups excluding carboxylic acids is 1. The van der Waals surface area contributed by atoms with Gasteiger partial charge >= 0.3 is 12.0 Å². The van der Waals surface area contributed by atoms with Crippen LogP contribution < -0.4 is 0 Å². The normalized spacial score (nSPS) is 22.9. The highest BCUT2D eigenvalue weighted by Gasteiger charge is 2.39. The minimum Gasteiger partial charge on any atom is -0.480 e. The second kappa shape index (κ2) is 6.72. The molecule has 1 rings (SSSR count). The summed E-state index contributed by atoms with van der Waals surface area (Å²) in [6.45, 7) is 4.65. The summed E-state index contributed by atoms with van der Waals surface area (Å²) in [4.78, 5) is 25.8. The molecule has 0 aromatic heterocycles. The van der Waals surface area contributed by atoms with Gasteiger partial charge in [-0.25, -0.2) is 9.59 Å². The molecule has 110 valence electrons. The van der Waals surface area contributed by atoms with E-state index in [1.807, 2.05) is 13.8 Å². The number of aliphatic hydroxyl groups excluding tert-OH is 1. The smallest absolute Gasteiger partial charge is 0.326 e. The lowest BCUT2D eigenvalue weighted by Gasteiger charge is -2.27. The van der Waals surface area contributed by atoms with E-state index in [4.69, 9.17) is 9.84 Å². The van der Waals surface area contributed by atoms with Crippen LogP contribution in [0.1, 0.15) is 20.3 Å². The molecule has 1 aliphatic rings. The Morgan fingerprint density at radius 3 is 2.63 bits per heavy atom. The average Bonchev–Trinajstić information content (AvgIpc) is 2.69. The van der Waals surface area contributed by atoms with Crippen LogP contribution in [0.15, 0.2) is 0 Å². The molecule has 1 saturated heterocycles. The molecule has 0 aromatic rings. The minimum absolute atomic E-state index is 0.0607. The van der Waals surface area contributed by atoms with Crippen molar-refractivity contribution >= 4 is 12.0 Å². The van der Waals surface area contributed by atoms with Gasteiger partial charge in [-0.3, -0.25) is 0 Å². The summed E-state index contributed by atoms with van der Waals surface area (Å²) < 4.78 is 5.34. The fourth-order valence-electron chi connectivity index (χ4n) is 2.00. The number of carboxylic acids is 1. The van der Waals surface area contributed by atoms with Gasteiger partial charge in [0, 0.05) is 26.6 Å². The largest absolute Gasteiger partial charge is 0.480 e. The predicted molar refractivity (Wildman–Crippen MR) is 67.9 cm³/mol. The number of likely N-dealkylation sites (N-methyl/N-ethyl adjacent to an activating group) is 1. The minimum atomic E-state index is -1.09. The Labute approximate surface area is 112 Å². The van der Waals surface area contributed by atoms with Crippen molar-refractivity contribution in [3.63, 3.8) is 0 Å². The van der Waals surface area contributed by atoms with Crippen LogP contribution in [0.2, 0.25) is 0 Å². The van der Waals surface area contributed by atoms with E-state index in [-0.39, 0.29) is 19.1 Å². The first kappa shape index (κ1) is 15.7. The molecule has 1 aliphatic heterocycles. The number of β-amino-alcohol motifs (C(OH)–C–C–N with tert-alkyl or cyclic N) is 1. The maximum Gasteiger partial charge on any atom is 0.326 e. The van der Waals surface area contributed by atoms with Gasteiger partial charge in [0.25, 0.3) is 0 Å². The number of hydrogen-bond acceptors (Lipinski definition) is 4. The summed E-state index contributed by atoms with van der Waals surface area (Å²) in [7, 11) is 1.59. The lowest BCUT2D eigenvalue weighted by atomic mass is 10.2. The van der Waals surface area contributed by atoms with E-state index < -0.39 is 24.1 Å². The van der Waals surface area contributed by atoms with Gasteiger partial charge in [-0.05, 0) is 13.8 Å². The molecule has 1 fully saturated rings. The zero-order chi connectivity index (χ0) is 14.6. The molecule has 19 heavy (non-hydrogen) atoms. The van der Waals surface area contributed by atoms with Crippen LogP contribution in [0.3, 0.4) is 0 Å². The molecule has 2 unspecified atom stereocenters. The van der Waals surface area contributed by atoms with Crippen LogP contribution in [0.4, 0.5) is 4.79 Å². The van der Waals surface area contributed by atoms with Crippen molar-refractivity contribution in [3.05, 3.63) is 0 Å². The monoisotopic (exact) mass is 274 g/mol. The molecule has 0 bridgehead atoms. The van der Waals surface area contributed by atoms with Gasteiger partial charge in [-0.2, -0.15) is 0 Å². The van der Waals surface area contributed by atoms with Crippen molar-refractivity contribution in [2.45, 2.75) is 38.5 Å². The van der Waals surface area contributed by atoms with Crippen LogP contribution in [-0.4, -0.2) is 77.0 Å². The van der Waals surface area contributed by atoms with Crippen LogP contribution in [-0.2, 0) is 9.53 Å². The second-order valence-electron chi connectivity index (χ2n) is 5.02. The molecule has 7 nitrogen and oxygen atoms in total. The first-order valence-electron chi connectivity index (χ1n) is 6.37. The maximum absolute atomic E-state index is 12.1. The third kappa shape index (κ3) is 4.36. The van der Waals surface area contributed by atoms with Crippen molar-refractivity contribution in [1.29, 1.82) is 0 Å². The number of aliphatic hydroxyl groups is 1. The number of ether oxygens (including phenoxy) is 1. The topological polar surface area (TPSA) is 90.3 Å². The number of carbonyl (C=O) groups is 2. The highest BCUT2D eigenvalue weighted by molar-refractivity contribution is 5.83. The quantitative estimate of drug-likeness (QED) is 0.735. The van der Waals surface area contributed by atoms with Gasteiger partial charge in [0.1, 0.15) is 6.04 Å². The zero-order valence-electron chi connectivity index (χ0n) is 11.6. The van der Waals surface area contributed by atoms with Gasteiger partial charge in [-0.15, -0.1) is 0 Å². The number of amides is 2. The van der Waals surface area contributed by atoms with Crippen molar-refractivity contribution in [2.24, 2.45) is 0 Å². The Balaban J connectivity index is 2.53. The Kier molecular flexibility index (Phi) is 5.56. The fourth-order valence-corrected chi connectivity index (χ4v) is 2.00. The Hall–Kier alpha value is -1.34. The zero-order valence-corrected chi connectivity index (χ0v) is 11.6. The fraction of sp³-hybridized carbons (Fsp3) is 0.833. The Morgan fingerprint density at radius 2 is 2.11 bits per heavy atom. The van der Waals surface area contributed by atoms with E-state index in [0.29, 0.717) is 13.2 Å². The van der Waals surface area contributed by atoms with E-state index in [1.165, 1.54) is 9.80 Å². The third-order valence-corrected chi connectivity index (χ3v) is 3.01. The number of hydrogen-bond donors (Lipinski definition) is 2. The predicted octanol–water partition coefficient (Wildman–Crippen LogP) is -0.0170. The lowest BCUT2D eigenvalue weighted by molar-refractivity contribution is -0.141. The summed E-state index contributed by atoms with van der Waals surface area (Å²) in [6, 6.07) is -1.34. The Bertz CT molecular complexity index is 334. The van der Waals surface area contributed by atoms with E-state index >= 15 is 0 Å². The molecule has 2 atom stereocenters. The Morgan fingerprint density at radius 1 is 1.47 bits per heavy atom. The lowest BCUT2D eigenvalue weighted by Crippen LogP contribution is -2.47. The summed E-state index contributed by atoms with van der Waals surface area (Å²) in [6.07, 6.45) is -0.605. The van der Waals surface area contributed by atoms with E-state index in [9.17, 15) is 14.7 Å². The van der Waals surface area contributed by atoms with E-state index in [2.05, 4.69) is 0 Å². The van der Waals surface area contributed by atoms with Crippen molar-refractivity contribution < 1.29 is 24.5 Å². The number of nitrogens with zero attached hydrogens (tertiary/aromatic N) is 2. The summed E-state index contributed by atoms with van der Waals surface area (Å²) in [5.74, 6) is -1.09. The average molecular weight is 274 g/mol. The molecule has 0 spiro atoms. The molecule has 0 aromatic carbocycles. The molecule has 2 amide bonds.